The van der Waals surface area contributed by atoms with Crippen LogP contribution >= 0.6 is 0 Å². The SMILES string of the molecule is CC(C)c1c[nH]c2c3c(nn2c1=O)CCCC3. The average Bonchev–Trinajstić information content (AvgIpc) is 2.69. The van der Waals surface area contributed by atoms with Gasteiger partial charge in [-0.3, -0.25) is 4.79 Å². The van der Waals surface area contributed by atoms with Gasteiger partial charge in [-0.15, -0.1) is 0 Å². The third-order valence-electron chi connectivity index (χ3n) is 3.58. The fraction of sp³-hybridized carbons (Fsp3) is 0.538. The summed E-state index contributed by atoms with van der Waals surface area (Å²) in [5.74, 6) is 0.226. The first-order valence-corrected chi connectivity index (χ1v) is 6.30. The summed E-state index contributed by atoms with van der Waals surface area (Å²) >= 11 is 0. The largest absolute Gasteiger partial charge is 0.346 e. The predicted molar refractivity (Wildman–Crippen MR) is 66.5 cm³/mol. The van der Waals surface area contributed by atoms with Crippen LogP contribution in [0.2, 0.25) is 0 Å². The van der Waals surface area contributed by atoms with Gasteiger partial charge >= 0.3 is 0 Å². The molecule has 2 heterocycles. The van der Waals surface area contributed by atoms with Gasteiger partial charge in [-0.05, 0) is 31.6 Å². The Kier molecular flexibility index (Phi) is 2.31. The number of nitrogens with zero attached hydrogens (tertiary/aromatic N) is 2. The quantitative estimate of drug-likeness (QED) is 0.816. The molecule has 4 heteroatoms. The molecule has 0 saturated carbocycles. The van der Waals surface area contributed by atoms with Crippen molar-refractivity contribution in [2.75, 3.05) is 0 Å². The number of H-pyrrole nitrogens is 1. The lowest BCUT2D eigenvalue weighted by atomic mass is 9.98. The molecule has 0 fully saturated rings. The maximum Gasteiger partial charge on any atom is 0.277 e. The summed E-state index contributed by atoms with van der Waals surface area (Å²) in [4.78, 5) is 15.5. The first kappa shape index (κ1) is 10.6. The zero-order chi connectivity index (χ0) is 12.0. The van der Waals surface area contributed by atoms with Gasteiger partial charge in [0.05, 0.1) is 5.69 Å². The average molecular weight is 231 g/mol. The van der Waals surface area contributed by atoms with Crippen molar-refractivity contribution in [2.45, 2.75) is 45.4 Å². The molecule has 90 valence electrons. The summed E-state index contributed by atoms with van der Waals surface area (Å²) in [6.45, 7) is 4.06. The second-order valence-corrected chi connectivity index (χ2v) is 5.10. The third-order valence-corrected chi connectivity index (χ3v) is 3.58. The van der Waals surface area contributed by atoms with Crippen molar-refractivity contribution in [3.8, 4) is 0 Å². The van der Waals surface area contributed by atoms with E-state index in [2.05, 4.69) is 10.1 Å². The molecule has 1 N–H and O–H groups in total. The first-order valence-electron chi connectivity index (χ1n) is 6.30. The summed E-state index contributed by atoms with van der Waals surface area (Å²) in [5.41, 5.74) is 4.07. The van der Waals surface area contributed by atoms with Crippen molar-refractivity contribution in [3.05, 3.63) is 33.4 Å². The lowest BCUT2D eigenvalue weighted by Gasteiger charge is -2.08. The Morgan fingerprint density at radius 2 is 2.12 bits per heavy atom. The monoisotopic (exact) mass is 231 g/mol. The minimum absolute atomic E-state index is 0.0307. The number of nitrogens with one attached hydrogen (secondary N) is 1. The van der Waals surface area contributed by atoms with Gasteiger partial charge in [0, 0.05) is 17.3 Å². The Labute approximate surface area is 99.7 Å². The molecule has 0 spiro atoms. The van der Waals surface area contributed by atoms with E-state index >= 15 is 0 Å². The number of hydrogen-bond donors (Lipinski definition) is 1. The summed E-state index contributed by atoms with van der Waals surface area (Å²) in [7, 11) is 0. The summed E-state index contributed by atoms with van der Waals surface area (Å²) < 4.78 is 1.56. The molecule has 0 bridgehead atoms. The van der Waals surface area contributed by atoms with Crippen LogP contribution < -0.4 is 5.56 Å². The number of fused-ring (bicyclic) bond motifs is 3. The predicted octanol–water partition coefficient (Wildman–Crippen LogP) is 2.02. The molecule has 0 atom stereocenters. The lowest BCUT2D eigenvalue weighted by molar-refractivity contribution is 0.671. The Hall–Kier alpha value is -1.58. The van der Waals surface area contributed by atoms with Gasteiger partial charge in [0.15, 0.2) is 0 Å². The Bertz CT molecular complexity index is 621. The molecular weight excluding hydrogens is 214 g/mol. The molecule has 0 amide bonds. The van der Waals surface area contributed by atoms with Crippen LogP contribution in [0.5, 0.6) is 0 Å². The fourth-order valence-corrected chi connectivity index (χ4v) is 2.59. The minimum Gasteiger partial charge on any atom is -0.346 e. The van der Waals surface area contributed by atoms with E-state index in [9.17, 15) is 4.79 Å². The number of hydrogen-bond acceptors (Lipinski definition) is 2. The lowest BCUT2D eigenvalue weighted by Crippen LogP contribution is -2.20. The standard InChI is InChI=1S/C13H17N3O/c1-8(2)10-7-14-12-9-5-3-4-6-11(9)15-16(12)13(10)17/h7-8,14H,3-6H2,1-2H3. The van der Waals surface area contributed by atoms with Crippen LogP contribution in [0.15, 0.2) is 11.0 Å². The van der Waals surface area contributed by atoms with E-state index in [4.69, 9.17) is 0 Å². The molecule has 1 aliphatic carbocycles. The summed E-state index contributed by atoms with van der Waals surface area (Å²) in [6, 6.07) is 0. The molecule has 2 aromatic rings. The third kappa shape index (κ3) is 1.51. The van der Waals surface area contributed by atoms with Crippen LogP contribution in [0.3, 0.4) is 0 Å². The van der Waals surface area contributed by atoms with Crippen LogP contribution in [0.4, 0.5) is 0 Å². The Balaban J connectivity index is 2.31. The topological polar surface area (TPSA) is 50.2 Å². The maximum absolute atomic E-state index is 12.3. The van der Waals surface area contributed by atoms with E-state index in [1.165, 1.54) is 18.4 Å². The zero-order valence-corrected chi connectivity index (χ0v) is 10.3. The molecule has 0 radical (unpaired) electrons. The summed E-state index contributed by atoms with van der Waals surface area (Å²) in [5, 5.41) is 4.47. The Morgan fingerprint density at radius 1 is 1.35 bits per heavy atom. The Morgan fingerprint density at radius 3 is 2.88 bits per heavy atom. The second-order valence-electron chi connectivity index (χ2n) is 5.10. The van der Waals surface area contributed by atoms with Gasteiger partial charge in [0.2, 0.25) is 0 Å². The van der Waals surface area contributed by atoms with Gasteiger partial charge in [0.1, 0.15) is 5.65 Å². The van der Waals surface area contributed by atoms with Crippen LogP contribution in [0, 0.1) is 0 Å². The normalized spacial score (nSPS) is 15.5. The van der Waals surface area contributed by atoms with Crippen molar-refractivity contribution in [1.82, 2.24) is 14.6 Å². The smallest absolute Gasteiger partial charge is 0.277 e. The van der Waals surface area contributed by atoms with Crippen LogP contribution in [-0.2, 0) is 12.8 Å². The fourth-order valence-electron chi connectivity index (χ4n) is 2.59. The highest BCUT2D eigenvalue weighted by atomic mass is 16.1. The van der Waals surface area contributed by atoms with Crippen molar-refractivity contribution >= 4 is 5.65 Å². The second kappa shape index (κ2) is 3.72. The highest BCUT2D eigenvalue weighted by Gasteiger charge is 2.19. The van der Waals surface area contributed by atoms with Gasteiger partial charge in [-0.1, -0.05) is 13.8 Å². The summed E-state index contributed by atoms with van der Waals surface area (Å²) in [6.07, 6.45) is 6.26. The highest BCUT2D eigenvalue weighted by molar-refractivity contribution is 5.51. The molecule has 2 aromatic heterocycles. The highest BCUT2D eigenvalue weighted by Crippen LogP contribution is 2.23. The van der Waals surface area contributed by atoms with Crippen LogP contribution in [0.25, 0.3) is 5.65 Å². The van der Waals surface area contributed by atoms with Gasteiger partial charge in [0.25, 0.3) is 5.56 Å². The van der Waals surface area contributed by atoms with Crippen molar-refractivity contribution in [1.29, 1.82) is 0 Å². The molecule has 1 aliphatic rings. The number of aromatic nitrogens is 3. The van der Waals surface area contributed by atoms with Crippen molar-refractivity contribution in [3.63, 3.8) is 0 Å². The van der Waals surface area contributed by atoms with E-state index in [-0.39, 0.29) is 11.5 Å². The van der Waals surface area contributed by atoms with Crippen molar-refractivity contribution < 1.29 is 0 Å². The number of aromatic amines is 1. The van der Waals surface area contributed by atoms with E-state index < -0.39 is 0 Å². The van der Waals surface area contributed by atoms with E-state index in [0.29, 0.717) is 0 Å². The molecule has 3 rings (SSSR count). The zero-order valence-electron chi connectivity index (χ0n) is 10.3. The first-order chi connectivity index (χ1) is 8.18. The van der Waals surface area contributed by atoms with E-state index in [0.717, 1.165) is 29.7 Å². The molecule has 4 nitrogen and oxygen atoms in total. The van der Waals surface area contributed by atoms with Crippen molar-refractivity contribution in [2.24, 2.45) is 0 Å². The molecule has 0 saturated heterocycles. The molecular formula is C13H17N3O. The minimum atomic E-state index is 0.0307. The molecule has 17 heavy (non-hydrogen) atoms. The number of aryl methyl sites for hydroxylation is 2. The molecule has 0 unspecified atom stereocenters. The van der Waals surface area contributed by atoms with Crippen LogP contribution in [-0.4, -0.2) is 14.6 Å². The number of rotatable bonds is 1. The molecule has 0 aromatic carbocycles. The van der Waals surface area contributed by atoms with E-state index in [1.54, 1.807) is 4.52 Å². The molecule has 0 aliphatic heterocycles. The van der Waals surface area contributed by atoms with Crippen LogP contribution in [0.1, 0.15) is 49.4 Å². The van der Waals surface area contributed by atoms with Gasteiger partial charge < -0.3 is 4.98 Å². The van der Waals surface area contributed by atoms with Gasteiger partial charge in [-0.25, -0.2) is 0 Å². The van der Waals surface area contributed by atoms with Gasteiger partial charge in [-0.2, -0.15) is 9.61 Å². The maximum atomic E-state index is 12.3. The van der Waals surface area contributed by atoms with E-state index in [1.807, 2.05) is 20.0 Å².